The van der Waals surface area contributed by atoms with Gasteiger partial charge in [0, 0.05) is 25.6 Å². The van der Waals surface area contributed by atoms with Gasteiger partial charge < -0.3 is 15.7 Å². The highest BCUT2D eigenvalue weighted by molar-refractivity contribution is 7.22. The zero-order valence-corrected chi connectivity index (χ0v) is 19.2. The number of anilines is 3. The van der Waals surface area contributed by atoms with Crippen molar-refractivity contribution in [1.29, 1.82) is 0 Å². The molecule has 4 rings (SSSR count). The summed E-state index contributed by atoms with van der Waals surface area (Å²) in [6, 6.07) is 18.7. The monoisotopic (exact) mass is 447 g/mol. The third kappa shape index (κ3) is 6.02. The van der Waals surface area contributed by atoms with Gasteiger partial charge in [0.25, 0.3) is 0 Å². The van der Waals surface area contributed by atoms with Gasteiger partial charge in [-0.1, -0.05) is 54.7 Å². The molecule has 2 aromatic heterocycles. The number of thiazole rings is 1. The molecule has 0 aliphatic carbocycles. The molecule has 0 radical (unpaired) electrons. The number of aromatic nitrogens is 3. The Hall–Kier alpha value is -3.03. The molecule has 0 atom stereocenters. The number of hydrogen-bond acceptors (Lipinski definition) is 7. The standard InChI is InChI=1S/C25H29N5OS/c1-2-18-11-12-21-22(16-18)32-25(28-21)30-23-17-20(15-19-9-5-3-6-10-19)27-24(29-23)26-13-7-4-8-14-31/h3,5-6,9-12,16-17,31H,2,4,7-8,13-15H2,1H3,(H2,26,27,28,29,30). The topological polar surface area (TPSA) is 83.0 Å². The molecular formula is C25H29N5OS. The maximum absolute atomic E-state index is 8.96. The molecule has 0 bridgehead atoms. The SMILES string of the molecule is CCc1ccc2nc(Nc3cc(Cc4ccccc4)nc(NCCCCCO)n3)sc2c1. The second-order valence-corrected chi connectivity index (χ2v) is 8.77. The van der Waals surface area contributed by atoms with Crippen molar-refractivity contribution in [1.82, 2.24) is 15.0 Å². The van der Waals surface area contributed by atoms with Crippen molar-refractivity contribution in [2.75, 3.05) is 23.8 Å². The van der Waals surface area contributed by atoms with Crippen LogP contribution < -0.4 is 10.6 Å². The highest BCUT2D eigenvalue weighted by Gasteiger charge is 2.10. The number of benzene rings is 2. The summed E-state index contributed by atoms with van der Waals surface area (Å²) >= 11 is 1.64. The van der Waals surface area contributed by atoms with Crippen LogP contribution in [0.3, 0.4) is 0 Å². The summed E-state index contributed by atoms with van der Waals surface area (Å²) < 4.78 is 1.17. The molecule has 32 heavy (non-hydrogen) atoms. The van der Waals surface area contributed by atoms with E-state index in [4.69, 9.17) is 15.1 Å². The van der Waals surface area contributed by atoms with E-state index in [1.165, 1.54) is 15.8 Å². The summed E-state index contributed by atoms with van der Waals surface area (Å²) in [7, 11) is 0. The molecule has 6 nitrogen and oxygen atoms in total. The van der Waals surface area contributed by atoms with Crippen molar-refractivity contribution in [2.24, 2.45) is 0 Å². The average Bonchev–Trinajstić information content (AvgIpc) is 3.20. The van der Waals surface area contributed by atoms with Gasteiger partial charge in [0.2, 0.25) is 5.95 Å². The van der Waals surface area contributed by atoms with Gasteiger partial charge in [-0.2, -0.15) is 4.98 Å². The van der Waals surface area contributed by atoms with Crippen molar-refractivity contribution >= 4 is 38.5 Å². The highest BCUT2D eigenvalue weighted by Crippen LogP contribution is 2.29. The van der Waals surface area contributed by atoms with E-state index in [1.54, 1.807) is 11.3 Å². The van der Waals surface area contributed by atoms with E-state index in [1.807, 2.05) is 24.3 Å². The van der Waals surface area contributed by atoms with Crippen LogP contribution in [0.1, 0.15) is 43.0 Å². The van der Waals surface area contributed by atoms with Gasteiger partial charge in [0.15, 0.2) is 5.13 Å². The Bertz CT molecular complexity index is 1150. The van der Waals surface area contributed by atoms with Crippen LogP contribution in [-0.2, 0) is 12.8 Å². The van der Waals surface area contributed by atoms with E-state index in [2.05, 4.69) is 52.9 Å². The normalized spacial score (nSPS) is 11.1. The van der Waals surface area contributed by atoms with Crippen molar-refractivity contribution in [3.05, 3.63) is 71.4 Å². The minimum Gasteiger partial charge on any atom is -0.396 e. The number of fused-ring (bicyclic) bond motifs is 1. The lowest BCUT2D eigenvalue weighted by Gasteiger charge is -2.10. The lowest BCUT2D eigenvalue weighted by atomic mass is 10.1. The fraction of sp³-hybridized carbons (Fsp3) is 0.320. The fourth-order valence-corrected chi connectivity index (χ4v) is 4.44. The number of nitrogens with zero attached hydrogens (tertiary/aromatic N) is 3. The van der Waals surface area contributed by atoms with Gasteiger partial charge in [0.1, 0.15) is 5.82 Å². The Balaban J connectivity index is 1.55. The quantitative estimate of drug-likeness (QED) is 0.261. The first kappa shape index (κ1) is 22.2. The van der Waals surface area contributed by atoms with Gasteiger partial charge in [-0.05, 0) is 48.9 Å². The second kappa shape index (κ2) is 11.0. The average molecular weight is 448 g/mol. The van der Waals surface area contributed by atoms with Crippen LogP contribution >= 0.6 is 11.3 Å². The molecule has 0 spiro atoms. The molecule has 0 aliphatic rings. The minimum absolute atomic E-state index is 0.235. The van der Waals surface area contributed by atoms with E-state index >= 15 is 0 Å². The lowest BCUT2D eigenvalue weighted by molar-refractivity contribution is 0.283. The Labute approximate surface area is 192 Å². The van der Waals surface area contributed by atoms with E-state index < -0.39 is 0 Å². The third-order valence-corrected chi connectivity index (χ3v) is 6.15. The number of aliphatic hydroxyl groups excluding tert-OH is 1. The van der Waals surface area contributed by atoms with Crippen LogP contribution in [0.4, 0.5) is 16.9 Å². The zero-order chi connectivity index (χ0) is 22.2. The van der Waals surface area contributed by atoms with Crippen LogP contribution in [-0.4, -0.2) is 33.2 Å². The Morgan fingerprint density at radius 2 is 1.78 bits per heavy atom. The first-order valence-electron chi connectivity index (χ1n) is 11.2. The summed E-state index contributed by atoms with van der Waals surface area (Å²) in [5.41, 5.74) is 4.46. The molecule has 2 heterocycles. The molecular weight excluding hydrogens is 418 g/mol. The third-order valence-electron chi connectivity index (χ3n) is 5.22. The number of nitrogens with one attached hydrogen (secondary N) is 2. The fourth-order valence-electron chi connectivity index (χ4n) is 3.50. The summed E-state index contributed by atoms with van der Waals surface area (Å²) in [6.07, 6.45) is 4.51. The lowest BCUT2D eigenvalue weighted by Crippen LogP contribution is -2.09. The number of aliphatic hydroxyl groups is 1. The predicted octanol–water partition coefficient (Wildman–Crippen LogP) is 5.56. The number of aryl methyl sites for hydroxylation is 1. The Morgan fingerprint density at radius 3 is 2.59 bits per heavy atom. The van der Waals surface area contributed by atoms with Crippen molar-refractivity contribution < 1.29 is 5.11 Å². The van der Waals surface area contributed by atoms with E-state index in [0.29, 0.717) is 5.95 Å². The summed E-state index contributed by atoms with van der Waals surface area (Å²) in [6.45, 7) is 3.17. The predicted molar refractivity (Wildman–Crippen MR) is 133 cm³/mol. The maximum Gasteiger partial charge on any atom is 0.224 e. The molecule has 0 unspecified atom stereocenters. The molecule has 7 heteroatoms. The van der Waals surface area contributed by atoms with Gasteiger partial charge in [-0.3, -0.25) is 0 Å². The molecule has 0 aliphatic heterocycles. The van der Waals surface area contributed by atoms with E-state index in [0.717, 1.165) is 60.8 Å². The first-order valence-corrected chi connectivity index (χ1v) is 12.0. The largest absolute Gasteiger partial charge is 0.396 e. The smallest absolute Gasteiger partial charge is 0.224 e. The maximum atomic E-state index is 8.96. The summed E-state index contributed by atoms with van der Waals surface area (Å²) in [4.78, 5) is 14.1. The zero-order valence-electron chi connectivity index (χ0n) is 18.3. The summed E-state index contributed by atoms with van der Waals surface area (Å²) in [5, 5.41) is 16.5. The second-order valence-electron chi connectivity index (χ2n) is 7.74. The number of rotatable bonds is 11. The van der Waals surface area contributed by atoms with E-state index in [-0.39, 0.29) is 6.61 Å². The van der Waals surface area contributed by atoms with Crippen LogP contribution in [0.2, 0.25) is 0 Å². The molecule has 166 valence electrons. The van der Waals surface area contributed by atoms with Gasteiger partial charge in [-0.25, -0.2) is 9.97 Å². The molecule has 4 aromatic rings. The van der Waals surface area contributed by atoms with Crippen LogP contribution in [0.15, 0.2) is 54.6 Å². The number of unbranched alkanes of at least 4 members (excludes halogenated alkanes) is 2. The van der Waals surface area contributed by atoms with Crippen molar-refractivity contribution in [2.45, 2.75) is 39.0 Å². The Morgan fingerprint density at radius 1 is 0.906 bits per heavy atom. The van der Waals surface area contributed by atoms with Crippen LogP contribution in [0.5, 0.6) is 0 Å². The Kier molecular flexibility index (Phi) is 7.64. The van der Waals surface area contributed by atoms with Gasteiger partial charge >= 0.3 is 0 Å². The van der Waals surface area contributed by atoms with Gasteiger partial charge in [0.05, 0.1) is 15.9 Å². The molecule has 0 amide bonds. The molecule has 2 aromatic carbocycles. The molecule has 0 fully saturated rings. The van der Waals surface area contributed by atoms with Crippen molar-refractivity contribution in [3.63, 3.8) is 0 Å². The highest BCUT2D eigenvalue weighted by atomic mass is 32.1. The van der Waals surface area contributed by atoms with Crippen LogP contribution in [0.25, 0.3) is 10.2 Å². The molecule has 0 saturated heterocycles. The number of hydrogen-bond donors (Lipinski definition) is 3. The van der Waals surface area contributed by atoms with Crippen LogP contribution in [0, 0.1) is 0 Å². The summed E-state index contributed by atoms with van der Waals surface area (Å²) in [5.74, 6) is 1.35. The first-order chi connectivity index (χ1) is 15.7. The van der Waals surface area contributed by atoms with E-state index in [9.17, 15) is 0 Å². The molecule has 3 N–H and O–H groups in total. The minimum atomic E-state index is 0.235. The van der Waals surface area contributed by atoms with Gasteiger partial charge in [-0.15, -0.1) is 0 Å². The molecule has 0 saturated carbocycles. The van der Waals surface area contributed by atoms with Crippen molar-refractivity contribution in [3.8, 4) is 0 Å².